The molecule has 0 saturated heterocycles. The Labute approximate surface area is 104 Å². The molecule has 0 bridgehead atoms. The molecule has 0 radical (unpaired) electrons. The van der Waals surface area contributed by atoms with E-state index >= 15 is 0 Å². The Hall–Kier alpha value is -0.930. The molecular weight excluding hydrogens is 245 g/mol. The zero-order valence-electron chi connectivity index (χ0n) is 8.66. The summed E-state index contributed by atoms with van der Waals surface area (Å²) in [5.41, 5.74) is 11.8. The summed E-state index contributed by atoms with van der Waals surface area (Å²) in [5.74, 6) is 0.653. The van der Waals surface area contributed by atoms with Crippen LogP contribution in [-0.4, -0.2) is 12.0 Å². The minimum absolute atomic E-state index is 0.164. The van der Waals surface area contributed by atoms with Crippen LogP contribution in [0.4, 0.5) is 0 Å². The van der Waals surface area contributed by atoms with Crippen molar-refractivity contribution >= 4 is 29.2 Å². The highest BCUT2D eigenvalue weighted by Gasteiger charge is 2.30. The van der Waals surface area contributed by atoms with E-state index < -0.39 is 0 Å². The molecule has 1 aliphatic carbocycles. The van der Waals surface area contributed by atoms with Crippen molar-refractivity contribution in [2.75, 3.05) is 0 Å². The normalized spacial score (nSPS) is 23.6. The largest absolute Gasteiger partial charge is 0.370 e. The molecule has 0 aliphatic heterocycles. The quantitative estimate of drug-likeness (QED) is 0.632. The van der Waals surface area contributed by atoms with Gasteiger partial charge >= 0.3 is 0 Å². The van der Waals surface area contributed by atoms with Crippen LogP contribution in [-0.2, 0) is 0 Å². The molecule has 2 rings (SSSR count). The van der Waals surface area contributed by atoms with Crippen molar-refractivity contribution in [1.82, 2.24) is 0 Å². The third-order valence-electron chi connectivity index (χ3n) is 2.86. The van der Waals surface area contributed by atoms with Crippen LogP contribution in [0.25, 0.3) is 0 Å². The summed E-state index contributed by atoms with van der Waals surface area (Å²) in [7, 11) is 0. The van der Waals surface area contributed by atoms with Crippen LogP contribution in [0, 0.1) is 0 Å². The van der Waals surface area contributed by atoms with E-state index in [9.17, 15) is 0 Å². The van der Waals surface area contributed by atoms with Crippen LogP contribution >= 0.6 is 23.2 Å². The molecule has 1 aromatic carbocycles. The van der Waals surface area contributed by atoms with E-state index in [1.54, 1.807) is 0 Å². The van der Waals surface area contributed by atoms with Gasteiger partial charge in [0.2, 0.25) is 0 Å². The van der Waals surface area contributed by atoms with Crippen LogP contribution in [0.2, 0.25) is 10.0 Å². The smallest absolute Gasteiger partial charge is 0.186 e. The molecule has 16 heavy (non-hydrogen) atoms. The van der Waals surface area contributed by atoms with Crippen molar-refractivity contribution in [2.24, 2.45) is 16.5 Å². The van der Waals surface area contributed by atoms with Crippen LogP contribution in [0.3, 0.4) is 0 Å². The summed E-state index contributed by atoms with van der Waals surface area (Å²) in [6.07, 6.45) is 1.94. The second-order valence-electron chi connectivity index (χ2n) is 4.05. The zero-order valence-corrected chi connectivity index (χ0v) is 10.2. The molecule has 0 atom stereocenters. The summed E-state index contributed by atoms with van der Waals surface area (Å²) in [6, 6.07) is 6.00. The Balaban J connectivity index is 2.01. The first-order chi connectivity index (χ1) is 7.56. The highest BCUT2D eigenvalue weighted by Crippen LogP contribution is 2.40. The molecule has 5 heteroatoms. The lowest BCUT2D eigenvalue weighted by Crippen LogP contribution is -2.31. The van der Waals surface area contributed by atoms with Crippen molar-refractivity contribution < 1.29 is 0 Å². The molecule has 1 aromatic rings. The summed E-state index contributed by atoms with van der Waals surface area (Å²) in [4.78, 5) is 4.11. The fraction of sp³-hybridized carbons (Fsp3) is 0.364. The lowest BCUT2D eigenvalue weighted by molar-refractivity contribution is 0.353. The molecule has 0 unspecified atom stereocenters. The number of guanidine groups is 1. The number of hydrogen-bond acceptors (Lipinski definition) is 1. The van der Waals surface area contributed by atoms with Gasteiger partial charge in [0.05, 0.1) is 16.1 Å². The Morgan fingerprint density at radius 3 is 2.44 bits per heavy atom. The number of halogens is 2. The van der Waals surface area contributed by atoms with Crippen LogP contribution in [0.1, 0.15) is 24.3 Å². The van der Waals surface area contributed by atoms with Crippen molar-refractivity contribution in [3.63, 3.8) is 0 Å². The number of hydrogen-bond donors (Lipinski definition) is 2. The van der Waals surface area contributed by atoms with Gasteiger partial charge in [0, 0.05) is 0 Å². The maximum Gasteiger partial charge on any atom is 0.186 e. The first-order valence-electron chi connectivity index (χ1n) is 5.10. The van der Waals surface area contributed by atoms with Crippen LogP contribution in [0.5, 0.6) is 0 Å². The lowest BCUT2D eigenvalue weighted by atomic mass is 9.76. The lowest BCUT2D eigenvalue weighted by Gasteiger charge is -2.33. The molecule has 0 aromatic heterocycles. The summed E-state index contributed by atoms with van der Waals surface area (Å²) < 4.78 is 0. The molecule has 1 saturated carbocycles. The molecule has 4 N–H and O–H groups in total. The summed E-state index contributed by atoms with van der Waals surface area (Å²) >= 11 is 11.8. The third kappa shape index (κ3) is 2.42. The van der Waals surface area contributed by atoms with Gasteiger partial charge in [-0.05, 0) is 36.5 Å². The number of aliphatic imine (C=N–C) groups is 1. The number of benzene rings is 1. The van der Waals surface area contributed by atoms with Crippen molar-refractivity contribution in [2.45, 2.75) is 24.8 Å². The first kappa shape index (κ1) is 11.6. The van der Waals surface area contributed by atoms with E-state index in [0.717, 1.165) is 12.8 Å². The highest BCUT2D eigenvalue weighted by molar-refractivity contribution is 6.42. The molecule has 1 aliphatic rings. The Morgan fingerprint density at radius 1 is 1.19 bits per heavy atom. The highest BCUT2D eigenvalue weighted by atomic mass is 35.5. The van der Waals surface area contributed by atoms with Crippen molar-refractivity contribution in [3.05, 3.63) is 33.8 Å². The Morgan fingerprint density at radius 2 is 1.88 bits per heavy atom. The fourth-order valence-corrected chi connectivity index (χ4v) is 2.25. The van der Waals surface area contributed by atoms with E-state index in [1.807, 2.05) is 18.2 Å². The molecule has 0 spiro atoms. The van der Waals surface area contributed by atoms with E-state index in [4.69, 9.17) is 34.7 Å². The average molecular weight is 258 g/mol. The van der Waals surface area contributed by atoms with Gasteiger partial charge < -0.3 is 11.5 Å². The summed E-state index contributed by atoms with van der Waals surface area (Å²) in [6.45, 7) is 0. The van der Waals surface area contributed by atoms with Crippen molar-refractivity contribution in [1.29, 1.82) is 0 Å². The molecule has 3 nitrogen and oxygen atoms in total. The monoisotopic (exact) mass is 257 g/mol. The van der Waals surface area contributed by atoms with Gasteiger partial charge in [0.25, 0.3) is 0 Å². The van der Waals surface area contributed by atoms with Gasteiger partial charge in [-0.1, -0.05) is 29.3 Å². The van der Waals surface area contributed by atoms with E-state index in [1.165, 1.54) is 5.56 Å². The van der Waals surface area contributed by atoms with Crippen molar-refractivity contribution in [3.8, 4) is 0 Å². The van der Waals surface area contributed by atoms with E-state index in [-0.39, 0.29) is 12.0 Å². The molecular formula is C11H13Cl2N3. The zero-order chi connectivity index (χ0) is 11.7. The Bertz CT molecular complexity index is 421. The van der Waals surface area contributed by atoms with Crippen LogP contribution in [0.15, 0.2) is 23.2 Å². The van der Waals surface area contributed by atoms with Gasteiger partial charge in [0.15, 0.2) is 5.96 Å². The summed E-state index contributed by atoms with van der Waals surface area (Å²) in [5, 5.41) is 1.19. The third-order valence-corrected chi connectivity index (χ3v) is 3.60. The molecule has 0 amide bonds. The number of rotatable bonds is 2. The van der Waals surface area contributed by atoms with E-state index in [2.05, 4.69) is 4.99 Å². The number of nitrogens with zero attached hydrogens (tertiary/aromatic N) is 1. The second-order valence-corrected chi connectivity index (χ2v) is 4.86. The SMILES string of the molecule is NC(N)=NC1CC(c2ccc(Cl)c(Cl)c2)C1. The predicted molar refractivity (Wildman–Crippen MR) is 68.0 cm³/mol. The topological polar surface area (TPSA) is 64.4 Å². The van der Waals surface area contributed by atoms with Gasteiger partial charge in [-0.15, -0.1) is 0 Å². The maximum absolute atomic E-state index is 5.96. The predicted octanol–water partition coefficient (Wildman–Crippen LogP) is 2.51. The molecule has 1 fully saturated rings. The van der Waals surface area contributed by atoms with Gasteiger partial charge in [-0.25, -0.2) is 0 Å². The van der Waals surface area contributed by atoms with Gasteiger partial charge in [-0.3, -0.25) is 4.99 Å². The maximum atomic E-state index is 5.96. The minimum Gasteiger partial charge on any atom is -0.370 e. The number of nitrogens with two attached hydrogens (primary N) is 2. The molecule has 0 heterocycles. The molecule has 86 valence electrons. The Kier molecular flexibility index (Phi) is 3.26. The fourth-order valence-electron chi connectivity index (χ4n) is 1.94. The van der Waals surface area contributed by atoms with Gasteiger partial charge in [0.1, 0.15) is 0 Å². The second kappa shape index (κ2) is 4.52. The minimum atomic E-state index is 0.164. The van der Waals surface area contributed by atoms with Gasteiger partial charge in [-0.2, -0.15) is 0 Å². The van der Waals surface area contributed by atoms with E-state index in [0.29, 0.717) is 16.0 Å². The van der Waals surface area contributed by atoms with Crippen LogP contribution < -0.4 is 11.5 Å². The first-order valence-corrected chi connectivity index (χ1v) is 5.85. The average Bonchev–Trinajstić information content (AvgIpc) is 2.15. The standard InChI is InChI=1S/C11H13Cl2N3/c12-9-2-1-6(5-10(9)13)7-3-8(4-7)16-11(14)15/h1-2,5,7-8H,3-4H2,(H4,14,15,16).